The second-order valence-corrected chi connectivity index (χ2v) is 27.2. The summed E-state index contributed by atoms with van der Waals surface area (Å²) in [6.07, 6.45) is 15.8. The van der Waals surface area contributed by atoms with Crippen LogP contribution in [0.5, 0.6) is 0 Å². The van der Waals surface area contributed by atoms with E-state index in [-0.39, 0.29) is 53.6 Å². The molecule has 0 bridgehead atoms. The van der Waals surface area contributed by atoms with Gasteiger partial charge in [-0.25, -0.2) is 4.98 Å². The molecule has 5 N–H and O–H groups in total. The first-order chi connectivity index (χ1) is 38.0. The number of carbonyl (C=O) groups excluding carboxylic acids is 2. The van der Waals surface area contributed by atoms with Gasteiger partial charge >= 0.3 is 0 Å². The number of aromatic amines is 2. The molecule has 11 rings (SSSR count). The molecule has 3 atom stereocenters. The number of fused-ring (bicyclic) bond motifs is 2. The number of benzene rings is 1. The van der Waals surface area contributed by atoms with Crippen LogP contribution in [0.1, 0.15) is 157 Å². The third-order valence-electron chi connectivity index (χ3n) is 19.2. The van der Waals surface area contributed by atoms with Gasteiger partial charge in [-0.3, -0.25) is 24.1 Å². The van der Waals surface area contributed by atoms with Gasteiger partial charge in [0, 0.05) is 111 Å². The fourth-order valence-corrected chi connectivity index (χ4v) is 17.1. The van der Waals surface area contributed by atoms with Crippen molar-refractivity contribution in [3.8, 4) is 0 Å². The number of H-pyrrole nitrogens is 2. The van der Waals surface area contributed by atoms with Crippen molar-refractivity contribution in [1.82, 2.24) is 49.8 Å². The summed E-state index contributed by atoms with van der Waals surface area (Å²) in [7, 11) is 2.27. The molecule has 79 heavy (non-hydrogen) atoms. The second kappa shape index (κ2) is 22.9. The molecule has 1 spiro atoms. The SMILES string of the molecule is CSc1cc(C)[nH]c(=O)c1CNC(=O)c1c(C)n([C@H](C)C2CCC(N3CCC4(CCN(C)C4)C3)CC2)c2cc(Cc3c(C(=O)NCc4c(SC)cc(C)[nH]c4=O)c4scnc4n3[C@H](C)C3CCC(NC4(C)COC4)CC3)ccc12. The Labute approximate surface area is 477 Å². The lowest BCUT2D eigenvalue weighted by molar-refractivity contribution is -0.0719. The van der Waals surface area contributed by atoms with Gasteiger partial charge in [-0.1, -0.05) is 12.1 Å². The summed E-state index contributed by atoms with van der Waals surface area (Å²) in [6.45, 7) is 19.3. The first-order valence-electron chi connectivity index (χ1n) is 28.9. The summed E-state index contributed by atoms with van der Waals surface area (Å²) in [5.41, 5.74) is 10.5. The van der Waals surface area contributed by atoms with Crippen LogP contribution in [0.3, 0.4) is 0 Å². The topological polar surface area (TPSA) is 174 Å². The molecule has 5 fully saturated rings. The van der Waals surface area contributed by atoms with Gasteiger partial charge in [0.2, 0.25) is 0 Å². The Morgan fingerprint density at radius 1 is 0.797 bits per heavy atom. The average Bonchev–Trinajstić information content (AvgIpc) is 4.32. The van der Waals surface area contributed by atoms with Crippen molar-refractivity contribution in [2.75, 3.05) is 59.0 Å². The van der Waals surface area contributed by atoms with Gasteiger partial charge in [0.05, 0.1) is 40.1 Å². The maximum absolute atomic E-state index is 15.1. The normalized spacial score (nSPS) is 24.4. The Kier molecular flexibility index (Phi) is 16.3. The molecule has 15 nitrogen and oxygen atoms in total. The van der Waals surface area contributed by atoms with Gasteiger partial charge in [0.15, 0.2) is 5.65 Å². The summed E-state index contributed by atoms with van der Waals surface area (Å²) in [4.78, 5) is 74.5. The molecule has 1 aromatic carbocycles. The summed E-state index contributed by atoms with van der Waals surface area (Å²) in [5.74, 6) is 0.348. The zero-order valence-corrected chi connectivity index (χ0v) is 50.3. The lowest BCUT2D eigenvalue weighted by atomic mass is 9.80. The van der Waals surface area contributed by atoms with E-state index in [2.05, 4.69) is 97.8 Å². The summed E-state index contributed by atoms with van der Waals surface area (Å²) in [5, 5.41) is 11.2. The second-order valence-electron chi connectivity index (χ2n) is 24.6. The third kappa shape index (κ3) is 11.1. The minimum absolute atomic E-state index is 0.0387. The summed E-state index contributed by atoms with van der Waals surface area (Å²) in [6, 6.07) is 11.6. The zero-order chi connectivity index (χ0) is 55.5. The van der Waals surface area contributed by atoms with Crippen molar-refractivity contribution in [1.29, 1.82) is 0 Å². The molecule has 2 saturated carbocycles. The number of carbonyl (C=O) groups is 2. The van der Waals surface area contributed by atoms with Crippen molar-refractivity contribution >= 4 is 67.9 Å². The Morgan fingerprint density at radius 2 is 1.39 bits per heavy atom. The van der Waals surface area contributed by atoms with E-state index in [1.54, 1.807) is 0 Å². The van der Waals surface area contributed by atoms with E-state index in [4.69, 9.17) is 9.72 Å². The van der Waals surface area contributed by atoms with Gasteiger partial charge < -0.3 is 44.7 Å². The van der Waals surface area contributed by atoms with E-state index in [0.29, 0.717) is 58.0 Å². The molecule has 1 unspecified atom stereocenters. The maximum atomic E-state index is 15.1. The molecule has 2 aliphatic carbocycles. The highest BCUT2D eigenvalue weighted by molar-refractivity contribution is 7.98. The number of thioether (sulfide) groups is 2. The van der Waals surface area contributed by atoms with Gasteiger partial charge in [0.25, 0.3) is 22.9 Å². The molecule has 5 aliphatic rings. The Morgan fingerprint density at radius 3 is 1.97 bits per heavy atom. The number of likely N-dealkylation sites (tertiary alicyclic amines) is 2. The molecule has 0 radical (unpaired) electrons. The maximum Gasteiger partial charge on any atom is 0.254 e. The molecule has 424 valence electrons. The largest absolute Gasteiger partial charge is 0.377 e. The van der Waals surface area contributed by atoms with Crippen LogP contribution in [-0.4, -0.2) is 122 Å². The highest BCUT2D eigenvalue weighted by Crippen LogP contribution is 2.45. The Hall–Kier alpha value is -4.69. The first kappa shape index (κ1) is 56.2. The quantitative estimate of drug-likeness (QED) is 0.0550. The highest BCUT2D eigenvalue weighted by Gasteiger charge is 2.45. The Bertz CT molecular complexity index is 3370. The lowest BCUT2D eigenvalue weighted by Crippen LogP contribution is -2.61. The third-order valence-corrected chi connectivity index (χ3v) is 21.6. The molecule has 5 aromatic heterocycles. The van der Waals surface area contributed by atoms with Gasteiger partial charge in [0.1, 0.15) is 0 Å². The predicted octanol–water partition coefficient (Wildman–Crippen LogP) is 9.89. The minimum atomic E-state index is -0.230. The van der Waals surface area contributed by atoms with Crippen LogP contribution < -0.4 is 27.1 Å². The number of nitrogens with zero attached hydrogens (tertiary/aromatic N) is 5. The zero-order valence-electron chi connectivity index (χ0n) is 47.9. The van der Waals surface area contributed by atoms with E-state index in [0.717, 1.165) is 111 Å². The van der Waals surface area contributed by atoms with E-state index in [9.17, 15) is 14.4 Å². The number of aromatic nitrogens is 5. The van der Waals surface area contributed by atoms with Crippen molar-refractivity contribution in [2.24, 2.45) is 17.3 Å². The van der Waals surface area contributed by atoms with Gasteiger partial charge in [-0.05, 0) is 179 Å². The first-order valence-corrected chi connectivity index (χ1v) is 32.3. The highest BCUT2D eigenvalue weighted by atomic mass is 32.2. The van der Waals surface area contributed by atoms with Gasteiger partial charge in [-0.15, -0.1) is 34.9 Å². The van der Waals surface area contributed by atoms with Crippen LogP contribution in [0.25, 0.3) is 21.3 Å². The van der Waals surface area contributed by atoms with Gasteiger partial charge in [-0.2, -0.15) is 0 Å². The van der Waals surface area contributed by atoms with E-state index in [1.807, 2.05) is 44.0 Å². The molecule has 18 heteroatoms. The lowest BCUT2D eigenvalue weighted by Gasteiger charge is -2.44. The molecular formula is C61H82N10O5S3. The number of rotatable bonds is 17. The van der Waals surface area contributed by atoms with Crippen LogP contribution in [-0.2, 0) is 24.2 Å². The number of aryl methyl sites for hydroxylation is 2. The van der Waals surface area contributed by atoms with E-state index >= 15 is 4.79 Å². The summed E-state index contributed by atoms with van der Waals surface area (Å²) >= 11 is 4.50. The van der Waals surface area contributed by atoms with Crippen molar-refractivity contribution in [3.05, 3.63) is 107 Å². The molecule has 2 amide bonds. The van der Waals surface area contributed by atoms with Crippen molar-refractivity contribution < 1.29 is 14.3 Å². The number of pyridine rings is 2. The monoisotopic (exact) mass is 1130 g/mol. The number of amides is 2. The molecular weight excluding hydrogens is 1050 g/mol. The standard InChI is InChI=1S/C61H82N10O5S3/c1-35-24-50(77-8)46(56(72)65-35)28-62-58(74)52-39(5)70(37(3)42-13-17-44(18-14-42)69-23-21-61(31-69)20-22-68(7)30-61)48-26-40(10-19-45(48)52)27-49-53(59(75)63-29-47-51(78-9)25-36(2)66-57(47)73)54-55(64-34-79-54)71(49)38(4)41-11-15-43(16-12-41)67-60(6)32-76-33-60/h10,19,24-26,34,37-38,41-44,67H,11-18,20-23,27-33H2,1-9H3,(H,62,74)(H,63,75)(H,65,72)(H,66,73)/t37-,38-,41?,42?,43?,44?,61?/m1/s1. The van der Waals surface area contributed by atoms with Crippen molar-refractivity contribution in [2.45, 2.75) is 165 Å². The van der Waals surface area contributed by atoms with E-state index in [1.165, 1.54) is 86.7 Å². The summed E-state index contributed by atoms with van der Waals surface area (Å²) < 4.78 is 11.2. The number of thiazole rings is 1. The Balaban J connectivity index is 0.944. The van der Waals surface area contributed by atoms with Crippen LogP contribution in [0.2, 0.25) is 0 Å². The molecule has 8 heterocycles. The fraction of sp³-hybridized carbons (Fsp3) is 0.590. The predicted molar refractivity (Wildman–Crippen MR) is 321 cm³/mol. The smallest absolute Gasteiger partial charge is 0.254 e. The van der Waals surface area contributed by atoms with Crippen LogP contribution in [0.4, 0.5) is 0 Å². The van der Waals surface area contributed by atoms with Crippen LogP contribution >= 0.6 is 34.9 Å². The van der Waals surface area contributed by atoms with Crippen LogP contribution in [0, 0.1) is 38.0 Å². The number of hydrogen-bond donors (Lipinski definition) is 5. The molecule has 6 aromatic rings. The molecule has 3 saturated heterocycles. The minimum Gasteiger partial charge on any atom is -0.377 e. The number of hydrogen-bond acceptors (Lipinski definition) is 12. The number of ether oxygens (including phenoxy) is 1. The van der Waals surface area contributed by atoms with E-state index < -0.39 is 0 Å². The molecule has 3 aliphatic heterocycles. The fourth-order valence-electron chi connectivity index (χ4n) is 14.9. The number of nitrogens with one attached hydrogen (secondary N) is 5. The average molecular weight is 1130 g/mol. The van der Waals surface area contributed by atoms with Crippen LogP contribution in [0.15, 0.2) is 55.2 Å². The van der Waals surface area contributed by atoms with Crippen molar-refractivity contribution in [3.63, 3.8) is 0 Å².